The summed E-state index contributed by atoms with van der Waals surface area (Å²) < 4.78 is 5.31. The van der Waals surface area contributed by atoms with Gasteiger partial charge in [0.15, 0.2) is 0 Å². The number of nitrogens with zero attached hydrogens (tertiary/aromatic N) is 1. The third-order valence-corrected chi connectivity index (χ3v) is 8.91. The number of ketones is 1. The lowest BCUT2D eigenvalue weighted by Gasteiger charge is -2.37. The summed E-state index contributed by atoms with van der Waals surface area (Å²) in [7, 11) is 0. The lowest BCUT2D eigenvalue weighted by Crippen LogP contribution is -2.59. The van der Waals surface area contributed by atoms with E-state index in [9.17, 15) is 24.0 Å². The molecule has 10 nitrogen and oxygen atoms in total. The Bertz CT molecular complexity index is 1020. The molecule has 3 rings (SSSR count). The average Bonchev–Trinajstić information content (AvgIpc) is 3.24. The number of carbonyl (C=O) groups is 5. The maximum absolute atomic E-state index is 14.1. The molecule has 1 unspecified atom stereocenters. The first-order valence-electron chi connectivity index (χ1n) is 15.1. The normalized spacial score (nSPS) is 24.4. The van der Waals surface area contributed by atoms with Crippen molar-refractivity contribution in [1.29, 1.82) is 0 Å². The van der Waals surface area contributed by atoms with Crippen LogP contribution in [0.1, 0.15) is 79.1 Å². The van der Waals surface area contributed by atoms with Gasteiger partial charge in [-0.15, -0.1) is 13.2 Å². The Morgan fingerprint density at radius 3 is 2.27 bits per heavy atom. The maximum atomic E-state index is 14.1. The van der Waals surface area contributed by atoms with E-state index in [0.717, 1.165) is 32.1 Å². The van der Waals surface area contributed by atoms with E-state index in [2.05, 4.69) is 43.0 Å². The molecular formula is C31H48N4O6. The van der Waals surface area contributed by atoms with Crippen LogP contribution in [0.4, 0.5) is 4.79 Å². The van der Waals surface area contributed by atoms with Crippen LogP contribution in [-0.2, 0) is 23.9 Å². The Morgan fingerprint density at radius 2 is 1.66 bits per heavy atom. The zero-order valence-electron chi connectivity index (χ0n) is 25.1. The largest absolute Gasteiger partial charge is 0.447 e. The van der Waals surface area contributed by atoms with E-state index in [-0.39, 0.29) is 48.1 Å². The van der Waals surface area contributed by atoms with Gasteiger partial charge in [-0.05, 0) is 69.1 Å². The smallest absolute Gasteiger partial charge is 0.408 e. The van der Waals surface area contributed by atoms with E-state index < -0.39 is 41.8 Å². The molecular weight excluding hydrogens is 524 g/mol. The minimum Gasteiger partial charge on any atom is -0.447 e. The predicted molar refractivity (Wildman–Crippen MR) is 156 cm³/mol. The highest BCUT2D eigenvalue weighted by Gasteiger charge is 2.69. The van der Waals surface area contributed by atoms with Crippen LogP contribution in [0.5, 0.6) is 0 Å². The Balaban J connectivity index is 1.82. The number of piperidine rings is 1. The number of ether oxygens (including phenoxy) is 1. The van der Waals surface area contributed by atoms with E-state index in [1.54, 1.807) is 30.9 Å². The molecule has 3 fully saturated rings. The number of hydrogen-bond donors (Lipinski definition) is 3. The predicted octanol–water partition coefficient (Wildman–Crippen LogP) is 3.27. The minimum atomic E-state index is -1.05. The van der Waals surface area contributed by atoms with Crippen molar-refractivity contribution in [3.8, 4) is 0 Å². The standard InChI is InChI=1S/C31H48N4O6/c1-7-9-16-22(26(36)28(38)32-17-10-8-2)33-27(37)25-23-21(31(23,5)6)18-35(25)29(39)24(20-14-12-11-13-15-20)34-30(40)41-19(3)4/h7-8,19-25H,1-2,9-18H2,3-6H3,(H,32,38)(H,33,37)(H,34,40)/t21-,22?,23-,24-,25-/m0/s1. The van der Waals surface area contributed by atoms with E-state index in [1.807, 2.05) is 0 Å². The Kier molecular flexibility index (Phi) is 11.2. The number of nitrogens with one attached hydrogen (secondary N) is 3. The highest BCUT2D eigenvalue weighted by atomic mass is 16.6. The van der Waals surface area contributed by atoms with Gasteiger partial charge in [-0.1, -0.05) is 45.3 Å². The van der Waals surface area contributed by atoms with Crippen molar-refractivity contribution < 1.29 is 28.7 Å². The van der Waals surface area contributed by atoms with Crippen molar-refractivity contribution >= 4 is 29.6 Å². The molecule has 4 amide bonds. The van der Waals surface area contributed by atoms with Gasteiger partial charge in [0.1, 0.15) is 12.1 Å². The van der Waals surface area contributed by atoms with Gasteiger partial charge in [0, 0.05) is 13.1 Å². The van der Waals surface area contributed by atoms with Crippen LogP contribution in [-0.4, -0.2) is 71.8 Å². The monoisotopic (exact) mass is 572 g/mol. The van der Waals surface area contributed by atoms with Crippen molar-refractivity contribution in [2.24, 2.45) is 23.2 Å². The molecule has 0 radical (unpaired) electrons. The summed E-state index contributed by atoms with van der Waals surface area (Å²) in [6.07, 6.45) is 8.08. The molecule has 5 atom stereocenters. The summed E-state index contributed by atoms with van der Waals surface area (Å²) in [5.74, 6) is -2.26. The molecule has 41 heavy (non-hydrogen) atoms. The van der Waals surface area contributed by atoms with Gasteiger partial charge >= 0.3 is 6.09 Å². The maximum Gasteiger partial charge on any atom is 0.408 e. The van der Waals surface area contributed by atoms with Crippen molar-refractivity contribution in [2.45, 2.75) is 103 Å². The molecule has 2 saturated carbocycles. The summed E-state index contributed by atoms with van der Waals surface area (Å²) >= 11 is 0. The summed E-state index contributed by atoms with van der Waals surface area (Å²) in [5.41, 5.74) is -0.147. The average molecular weight is 573 g/mol. The number of alkyl carbamates (subject to hydrolysis) is 1. The number of Topliss-reactive ketones (excluding diaryl/α,β-unsaturated/α-hetero) is 1. The van der Waals surface area contributed by atoms with Crippen LogP contribution in [0.3, 0.4) is 0 Å². The van der Waals surface area contributed by atoms with Crippen molar-refractivity contribution in [2.75, 3.05) is 13.1 Å². The molecule has 1 heterocycles. The number of carbonyl (C=O) groups excluding carboxylic acids is 5. The molecule has 2 aliphatic carbocycles. The fourth-order valence-corrected chi connectivity index (χ4v) is 6.56. The van der Waals surface area contributed by atoms with E-state index in [0.29, 0.717) is 19.4 Å². The molecule has 1 aliphatic heterocycles. The first kappa shape index (κ1) is 32.3. The number of hydrogen-bond acceptors (Lipinski definition) is 6. The minimum absolute atomic E-state index is 0.0502. The number of rotatable bonds is 14. The SMILES string of the molecule is C=CCCNC(=O)C(=O)C(CCC=C)NC(=O)[C@@H]1[C@@H]2[C@H](CN1C(=O)[C@@H](NC(=O)OC(C)C)C1CCCCC1)C2(C)C. The first-order valence-corrected chi connectivity index (χ1v) is 15.1. The highest BCUT2D eigenvalue weighted by molar-refractivity contribution is 6.38. The number of likely N-dealkylation sites (tertiary alicyclic amines) is 1. The topological polar surface area (TPSA) is 134 Å². The van der Waals surface area contributed by atoms with Gasteiger partial charge in [0.25, 0.3) is 5.91 Å². The van der Waals surface area contributed by atoms with Crippen LogP contribution in [0.25, 0.3) is 0 Å². The van der Waals surface area contributed by atoms with Crippen LogP contribution in [0.15, 0.2) is 25.3 Å². The molecule has 228 valence electrons. The van der Waals surface area contributed by atoms with Crippen LogP contribution >= 0.6 is 0 Å². The highest BCUT2D eigenvalue weighted by Crippen LogP contribution is 2.65. The lowest BCUT2D eigenvalue weighted by molar-refractivity contribution is -0.145. The quantitative estimate of drug-likeness (QED) is 0.166. The second-order valence-corrected chi connectivity index (χ2v) is 12.5. The second-order valence-electron chi connectivity index (χ2n) is 12.5. The Labute approximate surface area is 244 Å². The van der Waals surface area contributed by atoms with E-state index in [4.69, 9.17) is 4.74 Å². The van der Waals surface area contributed by atoms with Crippen molar-refractivity contribution in [3.05, 3.63) is 25.3 Å². The molecule has 3 N–H and O–H groups in total. The third kappa shape index (κ3) is 7.77. The first-order chi connectivity index (χ1) is 19.4. The van der Waals surface area contributed by atoms with Crippen molar-refractivity contribution in [3.63, 3.8) is 0 Å². The number of fused-ring (bicyclic) bond motifs is 1. The van der Waals surface area contributed by atoms with Crippen LogP contribution in [0, 0.1) is 23.2 Å². The summed E-state index contributed by atoms with van der Waals surface area (Å²) in [6, 6.07) is -2.65. The summed E-state index contributed by atoms with van der Waals surface area (Å²) in [5, 5.41) is 8.20. The zero-order valence-corrected chi connectivity index (χ0v) is 25.1. The molecule has 3 aliphatic rings. The fraction of sp³-hybridized carbons (Fsp3) is 0.710. The van der Waals surface area contributed by atoms with Gasteiger partial charge in [-0.2, -0.15) is 0 Å². The molecule has 0 aromatic heterocycles. The zero-order chi connectivity index (χ0) is 30.3. The van der Waals surface area contributed by atoms with E-state index >= 15 is 0 Å². The summed E-state index contributed by atoms with van der Waals surface area (Å²) in [6.45, 7) is 15.6. The van der Waals surface area contributed by atoms with E-state index in [1.165, 1.54) is 0 Å². The molecule has 1 saturated heterocycles. The van der Waals surface area contributed by atoms with Gasteiger partial charge in [-0.25, -0.2) is 4.79 Å². The third-order valence-electron chi connectivity index (χ3n) is 8.91. The molecule has 0 aromatic rings. The second kappa shape index (κ2) is 14.1. The van der Waals surface area contributed by atoms with Crippen LogP contribution in [0.2, 0.25) is 0 Å². The van der Waals surface area contributed by atoms with Gasteiger partial charge in [0.05, 0.1) is 12.1 Å². The summed E-state index contributed by atoms with van der Waals surface area (Å²) in [4.78, 5) is 67.8. The van der Waals surface area contributed by atoms with Crippen molar-refractivity contribution in [1.82, 2.24) is 20.9 Å². The molecule has 0 aromatic carbocycles. The number of amides is 4. The molecule has 10 heteroatoms. The number of allylic oxidation sites excluding steroid dienone is 1. The Morgan fingerprint density at radius 1 is 1.00 bits per heavy atom. The molecule has 0 bridgehead atoms. The van der Waals surface area contributed by atoms with Gasteiger partial charge in [0.2, 0.25) is 17.6 Å². The molecule has 0 spiro atoms. The van der Waals surface area contributed by atoms with Gasteiger partial charge < -0.3 is 25.6 Å². The van der Waals surface area contributed by atoms with Crippen LogP contribution < -0.4 is 16.0 Å². The fourth-order valence-electron chi connectivity index (χ4n) is 6.56. The Hall–Kier alpha value is -3.17. The lowest BCUT2D eigenvalue weighted by atomic mass is 9.83. The van der Waals surface area contributed by atoms with Gasteiger partial charge in [-0.3, -0.25) is 19.2 Å².